The number of carbonyl (C=O) groups excluding carboxylic acids is 2. The van der Waals surface area contributed by atoms with E-state index in [2.05, 4.69) is 15.8 Å². The summed E-state index contributed by atoms with van der Waals surface area (Å²) in [6.07, 6.45) is 1.46. The number of nitrogens with one attached hydrogen (secondary N) is 2. The Morgan fingerprint density at radius 2 is 1.68 bits per heavy atom. The average Bonchev–Trinajstić information content (AvgIpc) is 2.55. The van der Waals surface area contributed by atoms with Crippen molar-refractivity contribution in [3.63, 3.8) is 0 Å². The molecule has 0 saturated heterocycles. The summed E-state index contributed by atoms with van der Waals surface area (Å²) in [5.74, 6) is -0.841. The van der Waals surface area contributed by atoms with Crippen molar-refractivity contribution in [1.29, 1.82) is 0 Å². The van der Waals surface area contributed by atoms with E-state index in [1.807, 2.05) is 26.8 Å². The highest BCUT2D eigenvalue weighted by atomic mass is 16.5. The number of hydrogen-bond acceptors (Lipinski definition) is 4. The maximum atomic E-state index is 11.9. The Morgan fingerprint density at radius 1 is 1.04 bits per heavy atom. The second kappa shape index (κ2) is 8.63. The first kappa shape index (κ1) is 18.2. The second-order valence-corrected chi connectivity index (χ2v) is 5.53. The van der Waals surface area contributed by atoms with Crippen molar-refractivity contribution in [2.75, 3.05) is 11.9 Å². The fourth-order valence-electron chi connectivity index (χ4n) is 2.27. The Bertz CT molecular complexity index is 763. The van der Waals surface area contributed by atoms with E-state index in [9.17, 15) is 9.59 Å². The quantitative estimate of drug-likeness (QED) is 0.499. The van der Waals surface area contributed by atoms with E-state index in [4.69, 9.17) is 4.74 Å². The van der Waals surface area contributed by atoms with Gasteiger partial charge >= 0.3 is 11.8 Å². The molecule has 6 heteroatoms. The average molecular weight is 339 g/mol. The third kappa shape index (κ3) is 5.76. The summed E-state index contributed by atoms with van der Waals surface area (Å²) in [6.45, 7) is 6.35. The Morgan fingerprint density at radius 3 is 2.28 bits per heavy atom. The Labute approximate surface area is 146 Å². The van der Waals surface area contributed by atoms with E-state index in [0.29, 0.717) is 12.3 Å². The molecule has 0 radical (unpaired) electrons. The highest BCUT2D eigenvalue weighted by molar-refractivity contribution is 6.39. The van der Waals surface area contributed by atoms with Crippen molar-refractivity contribution < 1.29 is 14.3 Å². The zero-order valence-electron chi connectivity index (χ0n) is 14.5. The van der Waals surface area contributed by atoms with Gasteiger partial charge in [0.15, 0.2) is 0 Å². The van der Waals surface area contributed by atoms with Crippen LogP contribution in [0.5, 0.6) is 5.75 Å². The number of rotatable bonds is 5. The van der Waals surface area contributed by atoms with Crippen molar-refractivity contribution in [2.24, 2.45) is 5.10 Å². The number of aryl methyl sites for hydroxylation is 2. The van der Waals surface area contributed by atoms with Gasteiger partial charge in [0.25, 0.3) is 0 Å². The Hall–Kier alpha value is -3.15. The molecule has 2 aromatic carbocycles. The smallest absolute Gasteiger partial charge is 0.329 e. The third-order valence-electron chi connectivity index (χ3n) is 3.26. The molecule has 0 fully saturated rings. The SMILES string of the molecule is CCOc1ccc(/C=N/NC(=O)C(=O)Nc2cc(C)cc(C)c2)cc1. The van der Waals surface area contributed by atoms with E-state index >= 15 is 0 Å². The number of hydrogen-bond donors (Lipinski definition) is 2. The summed E-state index contributed by atoms with van der Waals surface area (Å²) in [5.41, 5.74) is 5.57. The van der Waals surface area contributed by atoms with Crippen LogP contribution in [0.1, 0.15) is 23.6 Å². The van der Waals surface area contributed by atoms with Crippen LogP contribution in [-0.2, 0) is 9.59 Å². The summed E-state index contributed by atoms with van der Waals surface area (Å²) in [5, 5.41) is 6.34. The van der Waals surface area contributed by atoms with Crippen LogP contribution in [0.2, 0.25) is 0 Å². The van der Waals surface area contributed by atoms with Crippen molar-refractivity contribution in [3.8, 4) is 5.75 Å². The molecular weight excluding hydrogens is 318 g/mol. The Kier molecular flexibility index (Phi) is 6.28. The predicted molar refractivity (Wildman–Crippen MR) is 97.9 cm³/mol. The van der Waals surface area contributed by atoms with Crippen LogP contribution >= 0.6 is 0 Å². The number of carbonyl (C=O) groups is 2. The van der Waals surface area contributed by atoms with Gasteiger partial charge in [-0.2, -0.15) is 5.10 Å². The molecule has 0 unspecified atom stereocenters. The predicted octanol–water partition coefficient (Wildman–Crippen LogP) is 2.79. The minimum atomic E-state index is -0.832. The first-order chi connectivity index (χ1) is 12.0. The second-order valence-electron chi connectivity index (χ2n) is 5.53. The van der Waals surface area contributed by atoms with Crippen LogP contribution in [0.15, 0.2) is 47.6 Å². The van der Waals surface area contributed by atoms with Gasteiger partial charge in [-0.3, -0.25) is 9.59 Å². The van der Waals surface area contributed by atoms with Gasteiger partial charge in [-0.1, -0.05) is 6.07 Å². The van der Waals surface area contributed by atoms with Crippen molar-refractivity contribution in [2.45, 2.75) is 20.8 Å². The van der Waals surface area contributed by atoms with Gasteiger partial charge in [-0.05, 0) is 73.9 Å². The van der Waals surface area contributed by atoms with Crippen molar-refractivity contribution in [1.82, 2.24) is 5.43 Å². The van der Waals surface area contributed by atoms with Crippen LogP contribution in [0, 0.1) is 13.8 Å². The van der Waals surface area contributed by atoms with Crippen molar-refractivity contribution >= 4 is 23.7 Å². The molecule has 2 amide bonds. The summed E-state index contributed by atoms with van der Waals surface area (Å²) >= 11 is 0. The minimum absolute atomic E-state index is 0.577. The number of amides is 2. The van der Waals surface area contributed by atoms with E-state index in [0.717, 1.165) is 22.4 Å². The molecule has 0 aliphatic rings. The number of benzene rings is 2. The fourth-order valence-corrected chi connectivity index (χ4v) is 2.27. The lowest BCUT2D eigenvalue weighted by Crippen LogP contribution is -2.32. The molecule has 130 valence electrons. The minimum Gasteiger partial charge on any atom is -0.494 e. The number of ether oxygens (including phenoxy) is 1. The summed E-state index contributed by atoms with van der Waals surface area (Å²) in [6, 6.07) is 12.8. The zero-order valence-corrected chi connectivity index (χ0v) is 14.5. The molecule has 2 aromatic rings. The molecule has 2 rings (SSSR count). The molecule has 0 heterocycles. The van der Waals surface area contributed by atoms with E-state index in [1.54, 1.807) is 36.4 Å². The summed E-state index contributed by atoms with van der Waals surface area (Å²) in [4.78, 5) is 23.7. The van der Waals surface area contributed by atoms with Crippen LogP contribution in [0.3, 0.4) is 0 Å². The first-order valence-electron chi connectivity index (χ1n) is 7.93. The van der Waals surface area contributed by atoms with Gasteiger partial charge in [-0.25, -0.2) is 5.43 Å². The number of hydrazone groups is 1. The molecule has 6 nitrogen and oxygen atoms in total. The normalized spacial score (nSPS) is 10.5. The lowest BCUT2D eigenvalue weighted by molar-refractivity contribution is -0.136. The molecule has 2 N–H and O–H groups in total. The number of anilines is 1. The van der Waals surface area contributed by atoms with Gasteiger partial charge in [0.1, 0.15) is 5.75 Å². The van der Waals surface area contributed by atoms with E-state index in [1.165, 1.54) is 6.21 Å². The molecule has 0 aliphatic carbocycles. The standard InChI is InChI=1S/C19H21N3O3/c1-4-25-17-7-5-15(6-8-17)12-20-22-19(24)18(23)21-16-10-13(2)9-14(3)11-16/h5-12H,4H2,1-3H3,(H,21,23)(H,22,24)/b20-12+. The molecule has 0 saturated carbocycles. The largest absolute Gasteiger partial charge is 0.494 e. The van der Waals surface area contributed by atoms with E-state index < -0.39 is 11.8 Å². The summed E-state index contributed by atoms with van der Waals surface area (Å²) in [7, 11) is 0. The zero-order chi connectivity index (χ0) is 18.2. The van der Waals surface area contributed by atoms with Gasteiger partial charge in [0.05, 0.1) is 12.8 Å². The lowest BCUT2D eigenvalue weighted by Gasteiger charge is -2.06. The van der Waals surface area contributed by atoms with E-state index in [-0.39, 0.29) is 0 Å². The van der Waals surface area contributed by atoms with Crippen LogP contribution in [-0.4, -0.2) is 24.6 Å². The Balaban J connectivity index is 1.89. The maximum absolute atomic E-state index is 11.9. The highest BCUT2D eigenvalue weighted by Crippen LogP contribution is 2.13. The summed E-state index contributed by atoms with van der Waals surface area (Å²) < 4.78 is 5.34. The molecule has 25 heavy (non-hydrogen) atoms. The van der Waals surface area contributed by atoms with Gasteiger partial charge in [0, 0.05) is 5.69 Å². The molecule has 0 spiro atoms. The molecular formula is C19H21N3O3. The fraction of sp³-hybridized carbons (Fsp3) is 0.211. The molecule has 0 aliphatic heterocycles. The molecule has 0 bridgehead atoms. The topological polar surface area (TPSA) is 79.8 Å². The van der Waals surface area contributed by atoms with Gasteiger partial charge < -0.3 is 10.1 Å². The van der Waals surface area contributed by atoms with Crippen molar-refractivity contribution in [3.05, 3.63) is 59.2 Å². The van der Waals surface area contributed by atoms with Gasteiger partial charge in [0.2, 0.25) is 0 Å². The number of nitrogens with zero attached hydrogens (tertiary/aromatic N) is 1. The lowest BCUT2D eigenvalue weighted by atomic mass is 10.1. The highest BCUT2D eigenvalue weighted by Gasteiger charge is 2.13. The van der Waals surface area contributed by atoms with Crippen LogP contribution in [0.4, 0.5) is 5.69 Å². The van der Waals surface area contributed by atoms with Gasteiger partial charge in [-0.15, -0.1) is 0 Å². The monoisotopic (exact) mass is 339 g/mol. The third-order valence-corrected chi connectivity index (χ3v) is 3.26. The molecule has 0 atom stereocenters. The first-order valence-corrected chi connectivity index (χ1v) is 7.93. The van der Waals surface area contributed by atoms with Crippen LogP contribution < -0.4 is 15.5 Å². The van der Waals surface area contributed by atoms with Crippen LogP contribution in [0.25, 0.3) is 0 Å². The maximum Gasteiger partial charge on any atom is 0.329 e. The molecule has 0 aromatic heterocycles.